The Balaban J connectivity index is 0.00000147. The van der Waals surface area contributed by atoms with Crippen LogP contribution in [0.2, 0.25) is 5.02 Å². The van der Waals surface area contributed by atoms with Gasteiger partial charge in [-0.25, -0.2) is 0 Å². The van der Waals surface area contributed by atoms with E-state index in [1.807, 2.05) is 19.1 Å². The lowest BCUT2D eigenvalue weighted by Crippen LogP contribution is -2.42. The number of rotatable bonds is 2. The van der Waals surface area contributed by atoms with Crippen molar-refractivity contribution in [2.24, 2.45) is 23.5 Å². The fourth-order valence-electron chi connectivity index (χ4n) is 3.67. The Morgan fingerprint density at radius 1 is 1.35 bits per heavy atom. The maximum absolute atomic E-state index is 12.4. The first-order valence-corrected chi connectivity index (χ1v) is 7.26. The largest absolute Gasteiger partial charge is 0.327 e. The molecule has 4 unspecified atom stereocenters. The van der Waals surface area contributed by atoms with Crippen molar-refractivity contribution in [3.8, 4) is 0 Å². The average Bonchev–Trinajstić information content (AvgIpc) is 2.94. The van der Waals surface area contributed by atoms with E-state index in [1.165, 1.54) is 6.42 Å². The number of benzene rings is 1. The quantitative estimate of drug-likeness (QED) is 0.879. The Bertz CT molecular complexity index is 519. The van der Waals surface area contributed by atoms with Crippen LogP contribution in [-0.2, 0) is 4.79 Å². The van der Waals surface area contributed by atoms with Gasteiger partial charge in [0.15, 0.2) is 0 Å². The van der Waals surface area contributed by atoms with Crippen molar-refractivity contribution in [1.29, 1.82) is 0 Å². The lowest BCUT2D eigenvalue weighted by Gasteiger charge is -2.27. The molecule has 3 nitrogen and oxygen atoms in total. The third kappa shape index (κ3) is 2.67. The summed E-state index contributed by atoms with van der Waals surface area (Å²) in [4.78, 5) is 12.4. The van der Waals surface area contributed by atoms with E-state index < -0.39 is 0 Å². The minimum absolute atomic E-state index is 0. The molecule has 0 saturated heterocycles. The molecule has 2 saturated carbocycles. The number of aryl methyl sites for hydroxylation is 1. The summed E-state index contributed by atoms with van der Waals surface area (Å²) in [5.74, 6) is 1.04. The van der Waals surface area contributed by atoms with Crippen molar-refractivity contribution < 1.29 is 4.79 Å². The van der Waals surface area contributed by atoms with Gasteiger partial charge in [0, 0.05) is 16.8 Å². The summed E-state index contributed by atoms with van der Waals surface area (Å²) in [6.45, 7) is 1.96. The van der Waals surface area contributed by atoms with Crippen molar-refractivity contribution in [2.75, 3.05) is 5.32 Å². The first kappa shape index (κ1) is 15.6. The van der Waals surface area contributed by atoms with E-state index in [4.69, 9.17) is 17.3 Å². The van der Waals surface area contributed by atoms with E-state index in [0.717, 1.165) is 24.1 Å². The molecule has 3 rings (SSSR count). The molecule has 2 aliphatic carbocycles. The van der Waals surface area contributed by atoms with E-state index in [2.05, 4.69) is 5.32 Å². The highest BCUT2D eigenvalue weighted by Gasteiger charge is 2.49. The zero-order valence-electron chi connectivity index (χ0n) is 11.4. The molecule has 2 bridgehead atoms. The molecule has 1 aromatic rings. The summed E-state index contributed by atoms with van der Waals surface area (Å²) < 4.78 is 0. The number of hydrogen-bond acceptors (Lipinski definition) is 2. The number of halogens is 2. The van der Waals surface area contributed by atoms with Crippen molar-refractivity contribution in [3.05, 3.63) is 28.8 Å². The molecule has 20 heavy (non-hydrogen) atoms. The number of fused-ring (bicyclic) bond motifs is 2. The van der Waals surface area contributed by atoms with Crippen molar-refractivity contribution in [2.45, 2.75) is 32.2 Å². The highest BCUT2D eigenvalue weighted by molar-refractivity contribution is 6.31. The fourth-order valence-corrected chi connectivity index (χ4v) is 3.84. The molecule has 4 atom stereocenters. The summed E-state index contributed by atoms with van der Waals surface area (Å²) in [5.41, 5.74) is 8.02. The Morgan fingerprint density at radius 2 is 2.05 bits per heavy atom. The highest BCUT2D eigenvalue weighted by Crippen LogP contribution is 2.48. The first-order valence-electron chi connectivity index (χ1n) is 6.89. The van der Waals surface area contributed by atoms with Gasteiger partial charge in [0.2, 0.25) is 5.91 Å². The monoisotopic (exact) mass is 314 g/mol. The third-order valence-electron chi connectivity index (χ3n) is 4.74. The number of carbonyl (C=O) groups excluding carboxylic acids is 1. The number of nitrogens with one attached hydrogen (secondary N) is 1. The Morgan fingerprint density at radius 3 is 2.70 bits per heavy atom. The van der Waals surface area contributed by atoms with Crippen LogP contribution >= 0.6 is 24.0 Å². The highest BCUT2D eigenvalue weighted by atomic mass is 35.5. The number of carbonyl (C=O) groups is 1. The van der Waals surface area contributed by atoms with Crippen molar-refractivity contribution in [1.82, 2.24) is 0 Å². The van der Waals surface area contributed by atoms with Gasteiger partial charge < -0.3 is 11.1 Å². The standard InChI is InChI=1S/C15H19ClN2O.ClH/c1-8-2-5-11(16)7-12(8)18-15(19)13-9-3-4-10(6-9)14(13)17;/h2,5,7,9-10,13-14H,3-4,6,17H2,1H3,(H,18,19);1H. The van der Waals surface area contributed by atoms with Crippen LogP contribution in [0.1, 0.15) is 24.8 Å². The average molecular weight is 315 g/mol. The third-order valence-corrected chi connectivity index (χ3v) is 4.98. The summed E-state index contributed by atoms with van der Waals surface area (Å²) in [7, 11) is 0. The SMILES string of the molecule is Cc1ccc(Cl)cc1NC(=O)C1C2CCC(C2)C1N.Cl. The van der Waals surface area contributed by atoms with Gasteiger partial charge in [0.05, 0.1) is 5.92 Å². The molecule has 0 aromatic heterocycles. The molecule has 0 spiro atoms. The van der Waals surface area contributed by atoms with E-state index >= 15 is 0 Å². The predicted octanol–water partition coefficient (Wildman–Crippen LogP) is 3.38. The second kappa shape index (κ2) is 5.92. The molecule has 2 fully saturated rings. The normalized spacial score (nSPS) is 30.9. The Hall–Kier alpha value is -0.770. The van der Waals surface area contributed by atoms with Gasteiger partial charge >= 0.3 is 0 Å². The fraction of sp³-hybridized carbons (Fsp3) is 0.533. The Labute approximate surface area is 130 Å². The molecule has 2 aliphatic rings. The van der Waals surface area contributed by atoms with Gasteiger partial charge in [-0.3, -0.25) is 4.79 Å². The van der Waals surface area contributed by atoms with E-state index in [0.29, 0.717) is 16.9 Å². The summed E-state index contributed by atoms with van der Waals surface area (Å²) in [6.07, 6.45) is 3.45. The van der Waals surface area contributed by atoms with E-state index in [-0.39, 0.29) is 30.3 Å². The molecular formula is C15H20Cl2N2O. The van der Waals surface area contributed by atoms with Crippen LogP contribution in [-0.4, -0.2) is 11.9 Å². The van der Waals surface area contributed by atoms with Crippen LogP contribution in [0.5, 0.6) is 0 Å². The maximum Gasteiger partial charge on any atom is 0.229 e. The molecule has 110 valence electrons. The number of anilines is 1. The molecular weight excluding hydrogens is 295 g/mol. The number of nitrogens with two attached hydrogens (primary N) is 1. The zero-order valence-corrected chi connectivity index (χ0v) is 13.0. The molecule has 0 heterocycles. The summed E-state index contributed by atoms with van der Waals surface area (Å²) in [6, 6.07) is 5.57. The second-order valence-corrected chi connectivity index (χ2v) is 6.32. The van der Waals surface area contributed by atoms with Crippen LogP contribution in [0.3, 0.4) is 0 Å². The zero-order chi connectivity index (χ0) is 13.6. The first-order chi connectivity index (χ1) is 9.06. The van der Waals surface area contributed by atoms with Crippen LogP contribution in [0.15, 0.2) is 18.2 Å². The molecule has 3 N–H and O–H groups in total. The van der Waals surface area contributed by atoms with Crippen LogP contribution < -0.4 is 11.1 Å². The molecule has 1 aromatic carbocycles. The molecule has 0 aliphatic heterocycles. The lowest BCUT2D eigenvalue weighted by molar-refractivity contribution is -0.121. The second-order valence-electron chi connectivity index (χ2n) is 5.88. The van der Waals surface area contributed by atoms with Gasteiger partial charge in [0.25, 0.3) is 0 Å². The molecule has 5 heteroatoms. The van der Waals surface area contributed by atoms with Crippen molar-refractivity contribution in [3.63, 3.8) is 0 Å². The Kier molecular flexibility index (Phi) is 4.62. The summed E-state index contributed by atoms with van der Waals surface area (Å²) in [5, 5.41) is 3.64. The van der Waals surface area contributed by atoms with Crippen LogP contribution in [0.25, 0.3) is 0 Å². The maximum atomic E-state index is 12.4. The van der Waals surface area contributed by atoms with Gasteiger partial charge in [0.1, 0.15) is 0 Å². The van der Waals surface area contributed by atoms with E-state index in [9.17, 15) is 4.79 Å². The van der Waals surface area contributed by atoms with Gasteiger partial charge in [-0.2, -0.15) is 0 Å². The van der Waals surface area contributed by atoms with Crippen molar-refractivity contribution >= 4 is 35.6 Å². The lowest BCUT2D eigenvalue weighted by atomic mass is 9.84. The van der Waals surface area contributed by atoms with Gasteiger partial charge in [-0.05, 0) is 55.7 Å². The minimum Gasteiger partial charge on any atom is -0.327 e. The van der Waals surface area contributed by atoms with Crippen LogP contribution in [0.4, 0.5) is 5.69 Å². The smallest absolute Gasteiger partial charge is 0.229 e. The van der Waals surface area contributed by atoms with E-state index in [1.54, 1.807) is 6.07 Å². The molecule has 0 radical (unpaired) electrons. The number of hydrogen-bond donors (Lipinski definition) is 2. The van der Waals surface area contributed by atoms with Gasteiger partial charge in [-0.1, -0.05) is 17.7 Å². The van der Waals surface area contributed by atoms with Gasteiger partial charge in [-0.15, -0.1) is 12.4 Å². The topological polar surface area (TPSA) is 55.1 Å². The summed E-state index contributed by atoms with van der Waals surface area (Å²) >= 11 is 5.98. The minimum atomic E-state index is -0.0304. The number of amides is 1. The molecule has 1 amide bonds. The van der Waals surface area contributed by atoms with Crippen LogP contribution in [0, 0.1) is 24.7 Å². The predicted molar refractivity (Wildman–Crippen MR) is 84.4 cm³/mol.